The van der Waals surface area contributed by atoms with E-state index >= 15 is 0 Å². The third kappa shape index (κ3) is 3.89. The van der Waals surface area contributed by atoms with Crippen LogP contribution < -0.4 is 10.6 Å². The molecule has 0 fully saturated rings. The molecule has 1 aromatic carbocycles. The van der Waals surface area contributed by atoms with Crippen LogP contribution in [-0.2, 0) is 40.8 Å². The fraction of sp³-hybridized carbons (Fsp3) is 0.455. The third-order valence-electron chi connectivity index (χ3n) is 5.77. The highest BCUT2D eigenvalue weighted by atomic mass is 32.1. The molecule has 3 N–H and O–H groups in total. The summed E-state index contributed by atoms with van der Waals surface area (Å²) in [6.07, 6.45) is 9.54. The maximum absolute atomic E-state index is 12.5. The minimum absolute atomic E-state index is 0.0276. The first kappa shape index (κ1) is 20.7. The van der Waals surface area contributed by atoms with Gasteiger partial charge < -0.3 is 20.5 Å². The van der Waals surface area contributed by atoms with Gasteiger partial charge in [0, 0.05) is 18.1 Å². The van der Waals surface area contributed by atoms with Gasteiger partial charge in [-0.15, -0.1) is 0 Å². The standard InChI is InChI=1S/C22H26N4O3S/c1-2-29-20(27)22(28,19-23-10-5-11-24-19)13-25-21(30)26-18-16-8-3-6-14(16)12-15-7-4-9-17(15)18/h5,10-12,28H,2-4,6-9,13H2,1H3,(H2,25,26,30). The number of fused-ring (bicyclic) bond motifs is 2. The summed E-state index contributed by atoms with van der Waals surface area (Å²) in [5.41, 5.74) is 4.55. The van der Waals surface area contributed by atoms with Gasteiger partial charge in [-0.1, -0.05) is 6.07 Å². The lowest BCUT2D eigenvalue weighted by Crippen LogP contribution is -2.49. The molecule has 0 aliphatic heterocycles. The minimum Gasteiger partial charge on any atom is -0.463 e. The zero-order chi connectivity index (χ0) is 21.1. The maximum Gasteiger partial charge on any atom is 0.348 e. The van der Waals surface area contributed by atoms with Crippen LogP contribution in [0.1, 0.15) is 47.8 Å². The van der Waals surface area contributed by atoms with E-state index in [1.165, 1.54) is 34.6 Å². The van der Waals surface area contributed by atoms with Gasteiger partial charge in [-0.3, -0.25) is 0 Å². The van der Waals surface area contributed by atoms with Crippen LogP contribution in [0.4, 0.5) is 5.69 Å². The number of aryl methyl sites for hydroxylation is 2. The molecule has 2 aromatic rings. The van der Waals surface area contributed by atoms with E-state index in [1.54, 1.807) is 13.0 Å². The molecule has 0 spiro atoms. The molecule has 7 nitrogen and oxygen atoms in total. The zero-order valence-electron chi connectivity index (χ0n) is 17.0. The number of hydrogen-bond donors (Lipinski definition) is 3. The lowest BCUT2D eigenvalue weighted by Gasteiger charge is -2.25. The third-order valence-corrected chi connectivity index (χ3v) is 6.01. The second kappa shape index (κ2) is 8.65. The van der Waals surface area contributed by atoms with Crippen molar-refractivity contribution in [2.24, 2.45) is 0 Å². The van der Waals surface area contributed by atoms with Gasteiger partial charge in [0.05, 0.1) is 13.2 Å². The van der Waals surface area contributed by atoms with E-state index < -0.39 is 11.6 Å². The first-order valence-corrected chi connectivity index (χ1v) is 10.8. The van der Waals surface area contributed by atoms with Crippen molar-refractivity contribution in [1.82, 2.24) is 15.3 Å². The van der Waals surface area contributed by atoms with Crippen molar-refractivity contribution in [3.05, 3.63) is 52.6 Å². The number of aliphatic hydroxyl groups is 1. The van der Waals surface area contributed by atoms with Crippen LogP contribution in [0, 0.1) is 0 Å². The Kier molecular flexibility index (Phi) is 5.97. The van der Waals surface area contributed by atoms with Gasteiger partial charge in [-0.2, -0.15) is 0 Å². The van der Waals surface area contributed by atoms with Crippen LogP contribution in [0.25, 0.3) is 0 Å². The van der Waals surface area contributed by atoms with E-state index in [9.17, 15) is 9.90 Å². The molecule has 8 heteroatoms. The van der Waals surface area contributed by atoms with Crippen molar-refractivity contribution in [1.29, 1.82) is 0 Å². The highest BCUT2D eigenvalue weighted by Crippen LogP contribution is 2.38. The number of benzene rings is 1. The molecule has 30 heavy (non-hydrogen) atoms. The summed E-state index contributed by atoms with van der Waals surface area (Å²) in [4.78, 5) is 20.6. The molecular weight excluding hydrogens is 400 g/mol. The number of anilines is 1. The molecular formula is C22H26N4O3S. The molecule has 0 saturated carbocycles. The first-order chi connectivity index (χ1) is 14.5. The summed E-state index contributed by atoms with van der Waals surface area (Å²) in [6.45, 7) is 1.62. The van der Waals surface area contributed by atoms with Gasteiger partial charge in [0.15, 0.2) is 10.9 Å². The molecule has 0 amide bonds. The summed E-state index contributed by atoms with van der Waals surface area (Å²) in [7, 11) is 0. The largest absolute Gasteiger partial charge is 0.463 e. The zero-order valence-corrected chi connectivity index (χ0v) is 17.8. The number of esters is 1. The first-order valence-electron chi connectivity index (χ1n) is 10.4. The van der Waals surface area contributed by atoms with Gasteiger partial charge in [-0.25, -0.2) is 14.8 Å². The molecule has 0 saturated heterocycles. The Bertz CT molecular complexity index is 934. The van der Waals surface area contributed by atoms with Gasteiger partial charge in [-0.05, 0) is 86.0 Å². The van der Waals surface area contributed by atoms with Crippen LogP contribution in [0.15, 0.2) is 24.5 Å². The predicted molar refractivity (Wildman–Crippen MR) is 117 cm³/mol. The van der Waals surface area contributed by atoms with E-state index in [4.69, 9.17) is 17.0 Å². The van der Waals surface area contributed by atoms with Gasteiger partial charge in [0.2, 0.25) is 5.60 Å². The van der Waals surface area contributed by atoms with Crippen molar-refractivity contribution in [2.75, 3.05) is 18.5 Å². The smallest absolute Gasteiger partial charge is 0.348 e. The summed E-state index contributed by atoms with van der Waals surface area (Å²) >= 11 is 5.52. The lowest BCUT2D eigenvalue weighted by molar-refractivity contribution is -0.166. The summed E-state index contributed by atoms with van der Waals surface area (Å²) in [5, 5.41) is 17.7. The predicted octanol–water partition coefficient (Wildman–Crippen LogP) is 2.19. The topological polar surface area (TPSA) is 96.4 Å². The fourth-order valence-electron chi connectivity index (χ4n) is 4.34. The summed E-state index contributed by atoms with van der Waals surface area (Å²) in [5.74, 6) is -0.840. The Balaban J connectivity index is 1.52. The average molecular weight is 427 g/mol. The van der Waals surface area contributed by atoms with Crippen molar-refractivity contribution in [3.8, 4) is 0 Å². The lowest BCUT2D eigenvalue weighted by atomic mass is 9.99. The molecule has 1 atom stereocenters. The number of thiocarbonyl (C=S) groups is 1. The highest BCUT2D eigenvalue weighted by Gasteiger charge is 2.43. The van der Waals surface area contributed by atoms with Gasteiger partial charge in [0.1, 0.15) is 0 Å². The molecule has 2 aliphatic rings. The fourth-order valence-corrected chi connectivity index (χ4v) is 4.51. The number of nitrogens with one attached hydrogen (secondary N) is 2. The Morgan fingerprint density at radius 3 is 2.40 bits per heavy atom. The number of nitrogens with zero attached hydrogens (tertiary/aromatic N) is 2. The van der Waals surface area contributed by atoms with Crippen LogP contribution in [0.2, 0.25) is 0 Å². The summed E-state index contributed by atoms with van der Waals surface area (Å²) in [6, 6.07) is 3.98. The number of ether oxygens (including phenoxy) is 1. The Morgan fingerprint density at radius 1 is 1.17 bits per heavy atom. The van der Waals surface area contributed by atoms with Gasteiger partial charge in [0.25, 0.3) is 0 Å². The average Bonchev–Trinajstić information content (AvgIpc) is 3.42. The highest BCUT2D eigenvalue weighted by molar-refractivity contribution is 7.80. The van der Waals surface area contributed by atoms with Crippen molar-refractivity contribution >= 4 is 29.0 Å². The van der Waals surface area contributed by atoms with E-state index in [1.807, 2.05) is 0 Å². The van der Waals surface area contributed by atoms with Gasteiger partial charge >= 0.3 is 5.97 Å². The number of hydrogen-bond acceptors (Lipinski definition) is 6. The molecule has 1 heterocycles. The Labute approximate surface area is 181 Å². The molecule has 0 bridgehead atoms. The number of carbonyl (C=O) groups excluding carboxylic acids is 1. The van der Waals surface area contributed by atoms with Crippen molar-refractivity contribution in [2.45, 2.75) is 51.0 Å². The molecule has 158 valence electrons. The van der Waals surface area contributed by atoms with Crippen molar-refractivity contribution in [3.63, 3.8) is 0 Å². The van der Waals surface area contributed by atoms with E-state index in [2.05, 4.69) is 26.7 Å². The molecule has 1 aromatic heterocycles. The molecule has 2 aliphatic carbocycles. The normalized spacial score (nSPS) is 16.3. The molecule has 0 radical (unpaired) electrons. The number of aromatic nitrogens is 2. The number of carbonyl (C=O) groups is 1. The van der Waals surface area contributed by atoms with E-state index in [0.29, 0.717) is 5.11 Å². The van der Waals surface area contributed by atoms with Crippen LogP contribution in [0.3, 0.4) is 0 Å². The van der Waals surface area contributed by atoms with E-state index in [0.717, 1.165) is 44.2 Å². The second-order valence-electron chi connectivity index (χ2n) is 7.69. The maximum atomic E-state index is 12.5. The van der Waals surface area contributed by atoms with Crippen LogP contribution in [0.5, 0.6) is 0 Å². The molecule has 1 unspecified atom stereocenters. The summed E-state index contributed by atoms with van der Waals surface area (Å²) < 4.78 is 5.06. The second-order valence-corrected chi connectivity index (χ2v) is 8.10. The monoisotopic (exact) mass is 426 g/mol. The quantitative estimate of drug-likeness (QED) is 0.478. The van der Waals surface area contributed by atoms with Crippen LogP contribution in [-0.4, -0.2) is 39.3 Å². The SMILES string of the molecule is CCOC(=O)C(O)(CNC(=S)Nc1c2c(cc3c1CCC3)CCC2)c1ncccn1. The van der Waals surface area contributed by atoms with E-state index in [-0.39, 0.29) is 19.0 Å². The Morgan fingerprint density at radius 2 is 1.80 bits per heavy atom. The van der Waals surface area contributed by atoms with Crippen LogP contribution >= 0.6 is 12.2 Å². The molecule has 4 rings (SSSR count). The minimum atomic E-state index is -2.04. The number of rotatable bonds is 6. The van der Waals surface area contributed by atoms with Crippen molar-refractivity contribution < 1.29 is 14.6 Å². The Hall–Kier alpha value is -2.58.